The van der Waals surface area contributed by atoms with Crippen LogP contribution >= 0.6 is 11.3 Å². The van der Waals surface area contributed by atoms with Crippen molar-refractivity contribution in [2.24, 2.45) is 17.8 Å². The first-order valence-electron chi connectivity index (χ1n) is 7.62. The fourth-order valence-corrected chi connectivity index (χ4v) is 5.92. The van der Waals surface area contributed by atoms with E-state index in [-0.39, 0.29) is 0 Å². The lowest BCUT2D eigenvalue weighted by Gasteiger charge is -2.57. The third-order valence-corrected chi connectivity index (χ3v) is 6.56. The highest BCUT2D eigenvalue weighted by Gasteiger charge is 2.50. The van der Waals surface area contributed by atoms with Crippen molar-refractivity contribution in [1.82, 2.24) is 5.32 Å². The van der Waals surface area contributed by atoms with E-state index in [0.29, 0.717) is 5.54 Å². The van der Waals surface area contributed by atoms with E-state index >= 15 is 0 Å². The third-order valence-electron chi connectivity index (χ3n) is 5.51. The molecule has 0 radical (unpaired) electrons. The van der Waals surface area contributed by atoms with Crippen LogP contribution in [0.15, 0.2) is 12.1 Å². The number of hydrogen-bond acceptors (Lipinski definition) is 3. The van der Waals surface area contributed by atoms with Gasteiger partial charge in [0.2, 0.25) is 0 Å². The monoisotopic (exact) mass is 277 g/mol. The van der Waals surface area contributed by atoms with Crippen molar-refractivity contribution in [3.05, 3.63) is 17.0 Å². The van der Waals surface area contributed by atoms with Crippen molar-refractivity contribution in [2.45, 2.75) is 50.6 Å². The summed E-state index contributed by atoms with van der Waals surface area (Å²) in [6.07, 6.45) is 8.86. The molecule has 4 bridgehead atoms. The average molecular weight is 277 g/mol. The predicted molar refractivity (Wildman–Crippen MR) is 78.6 cm³/mol. The number of nitrogens with one attached hydrogen (secondary N) is 1. The molecule has 0 spiro atoms. The van der Waals surface area contributed by atoms with E-state index in [4.69, 9.17) is 4.74 Å². The second-order valence-electron chi connectivity index (χ2n) is 6.98. The highest BCUT2D eigenvalue weighted by Crippen LogP contribution is 2.55. The van der Waals surface area contributed by atoms with Gasteiger partial charge >= 0.3 is 0 Å². The molecule has 4 aliphatic rings. The van der Waals surface area contributed by atoms with E-state index in [1.54, 1.807) is 18.4 Å². The summed E-state index contributed by atoms with van der Waals surface area (Å²) in [6.45, 7) is 1.03. The first-order valence-corrected chi connectivity index (χ1v) is 8.44. The highest BCUT2D eigenvalue weighted by molar-refractivity contribution is 7.13. The van der Waals surface area contributed by atoms with Gasteiger partial charge in [-0.05, 0) is 68.4 Å². The van der Waals surface area contributed by atoms with Crippen LogP contribution in [0.4, 0.5) is 0 Å². The number of rotatable bonds is 4. The molecule has 0 saturated heterocycles. The lowest BCUT2D eigenvalue weighted by Crippen LogP contribution is -2.58. The van der Waals surface area contributed by atoms with Crippen molar-refractivity contribution in [3.8, 4) is 5.06 Å². The van der Waals surface area contributed by atoms with Gasteiger partial charge in [-0.3, -0.25) is 0 Å². The van der Waals surface area contributed by atoms with Crippen LogP contribution in [-0.4, -0.2) is 12.6 Å². The summed E-state index contributed by atoms with van der Waals surface area (Å²) < 4.78 is 5.28. The second kappa shape index (κ2) is 4.49. The molecule has 0 unspecified atom stereocenters. The molecule has 4 fully saturated rings. The smallest absolute Gasteiger partial charge is 0.173 e. The quantitative estimate of drug-likeness (QED) is 0.903. The molecule has 3 heteroatoms. The standard InChI is InChI=1S/C16H23NOS/c1-18-15-3-2-14(19-15)10-17-16-7-11-4-12(8-16)6-13(5-11)9-16/h2-3,11-13,17H,4-10H2,1H3. The van der Waals surface area contributed by atoms with Gasteiger partial charge in [0.05, 0.1) is 7.11 Å². The van der Waals surface area contributed by atoms with Gasteiger partial charge in [0.25, 0.3) is 0 Å². The Hall–Kier alpha value is -0.540. The zero-order valence-corrected chi connectivity index (χ0v) is 12.5. The van der Waals surface area contributed by atoms with Gasteiger partial charge in [-0.25, -0.2) is 0 Å². The van der Waals surface area contributed by atoms with Crippen LogP contribution < -0.4 is 10.1 Å². The Bertz CT molecular complexity index is 432. The Balaban J connectivity index is 1.44. The fraction of sp³-hybridized carbons (Fsp3) is 0.750. The Morgan fingerprint density at radius 1 is 1.16 bits per heavy atom. The normalized spacial score (nSPS) is 39.7. The van der Waals surface area contributed by atoms with E-state index < -0.39 is 0 Å². The van der Waals surface area contributed by atoms with Crippen molar-refractivity contribution in [1.29, 1.82) is 0 Å². The number of hydrogen-bond donors (Lipinski definition) is 1. The Morgan fingerprint density at radius 2 is 1.79 bits per heavy atom. The molecule has 0 amide bonds. The zero-order valence-electron chi connectivity index (χ0n) is 11.7. The van der Waals surface area contributed by atoms with Crippen LogP contribution in [0.3, 0.4) is 0 Å². The molecule has 4 saturated carbocycles. The second-order valence-corrected chi connectivity index (χ2v) is 8.11. The summed E-state index contributed by atoms with van der Waals surface area (Å²) in [5.74, 6) is 3.07. The van der Waals surface area contributed by atoms with E-state index in [1.807, 2.05) is 0 Å². The highest BCUT2D eigenvalue weighted by atomic mass is 32.1. The van der Waals surface area contributed by atoms with E-state index in [0.717, 1.165) is 29.4 Å². The number of thiophene rings is 1. The van der Waals surface area contributed by atoms with Crippen LogP contribution in [0.25, 0.3) is 0 Å². The molecule has 2 nitrogen and oxygen atoms in total. The lowest BCUT2D eigenvalue weighted by molar-refractivity contribution is -0.0204. The summed E-state index contributed by atoms with van der Waals surface area (Å²) in [6, 6.07) is 4.29. The van der Waals surface area contributed by atoms with Gasteiger partial charge < -0.3 is 10.1 Å². The number of ether oxygens (including phenoxy) is 1. The van der Waals surface area contributed by atoms with Gasteiger partial charge in [-0.15, -0.1) is 11.3 Å². The van der Waals surface area contributed by atoms with Gasteiger partial charge in [0.15, 0.2) is 5.06 Å². The van der Waals surface area contributed by atoms with Crippen molar-refractivity contribution < 1.29 is 4.74 Å². The average Bonchev–Trinajstić information content (AvgIpc) is 2.83. The minimum atomic E-state index is 0.478. The molecular weight excluding hydrogens is 254 g/mol. The Labute approximate surface area is 119 Å². The summed E-state index contributed by atoms with van der Waals surface area (Å²) in [7, 11) is 1.75. The van der Waals surface area contributed by atoms with Crippen molar-refractivity contribution in [2.75, 3.05) is 7.11 Å². The Kier molecular flexibility index (Phi) is 2.89. The molecule has 1 N–H and O–H groups in total. The lowest BCUT2D eigenvalue weighted by atomic mass is 9.53. The molecule has 0 atom stereocenters. The maximum atomic E-state index is 5.28. The molecule has 0 aliphatic heterocycles. The molecule has 1 heterocycles. The number of methoxy groups -OCH3 is 1. The largest absolute Gasteiger partial charge is 0.487 e. The van der Waals surface area contributed by atoms with Gasteiger partial charge in [-0.1, -0.05) is 0 Å². The molecule has 19 heavy (non-hydrogen) atoms. The summed E-state index contributed by atoms with van der Waals surface area (Å²) in [5.41, 5.74) is 0.478. The molecule has 1 aromatic heterocycles. The molecule has 4 aliphatic carbocycles. The van der Waals surface area contributed by atoms with E-state index in [9.17, 15) is 0 Å². The van der Waals surface area contributed by atoms with Crippen LogP contribution in [0.2, 0.25) is 0 Å². The van der Waals surface area contributed by atoms with Gasteiger partial charge in [0.1, 0.15) is 0 Å². The van der Waals surface area contributed by atoms with Crippen molar-refractivity contribution >= 4 is 11.3 Å². The molecule has 104 valence electrons. The van der Waals surface area contributed by atoms with Gasteiger partial charge in [0, 0.05) is 17.0 Å². The Morgan fingerprint density at radius 3 is 2.32 bits per heavy atom. The maximum Gasteiger partial charge on any atom is 0.173 e. The van der Waals surface area contributed by atoms with Crippen LogP contribution in [0.5, 0.6) is 5.06 Å². The van der Waals surface area contributed by atoms with Gasteiger partial charge in [-0.2, -0.15) is 0 Å². The third kappa shape index (κ3) is 2.21. The first kappa shape index (κ1) is 12.2. The van der Waals surface area contributed by atoms with E-state index in [2.05, 4.69) is 17.4 Å². The summed E-state index contributed by atoms with van der Waals surface area (Å²) in [4.78, 5) is 1.41. The molecule has 5 rings (SSSR count). The molecule has 0 aromatic carbocycles. The van der Waals surface area contributed by atoms with Crippen LogP contribution in [-0.2, 0) is 6.54 Å². The van der Waals surface area contributed by atoms with E-state index in [1.165, 1.54) is 43.4 Å². The van der Waals surface area contributed by atoms with Crippen LogP contribution in [0, 0.1) is 17.8 Å². The first-order chi connectivity index (χ1) is 9.25. The minimum absolute atomic E-state index is 0.478. The van der Waals surface area contributed by atoms with Crippen molar-refractivity contribution in [3.63, 3.8) is 0 Å². The molecule has 1 aromatic rings. The predicted octanol–water partition coefficient (Wildman–Crippen LogP) is 3.82. The maximum absolute atomic E-state index is 5.28. The topological polar surface area (TPSA) is 21.3 Å². The summed E-state index contributed by atoms with van der Waals surface area (Å²) in [5, 5.41) is 4.97. The minimum Gasteiger partial charge on any atom is -0.487 e. The zero-order chi connectivity index (χ0) is 12.9. The molecular formula is C16H23NOS. The van der Waals surface area contributed by atoms with Crippen LogP contribution in [0.1, 0.15) is 43.4 Å². The summed E-state index contributed by atoms with van der Waals surface area (Å²) >= 11 is 1.78. The SMILES string of the molecule is COc1ccc(CNC23CC4CC(CC(C4)C2)C3)s1. The fourth-order valence-electron chi connectivity index (χ4n) is 5.16.